The Morgan fingerprint density at radius 2 is 1.76 bits per heavy atom. The van der Waals surface area contributed by atoms with Gasteiger partial charge in [0.1, 0.15) is 0 Å². The number of nitrogens with zero attached hydrogens (tertiary/aromatic N) is 1. The van der Waals surface area contributed by atoms with Crippen LogP contribution in [0.15, 0.2) is 57.9 Å². The van der Waals surface area contributed by atoms with E-state index in [-0.39, 0.29) is 29.6 Å². The van der Waals surface area contributed by atoms with E-state index in [1.165, 1.54) is 16.4 Å². The smallest absolute Gasteiger partial charge is 0.243 e. The quantitative estimate of drug-likeness (QED) is 0.660. The van der Waals surface area contributed by atoms with Crippen LogP contribution < -0.4 is 10.6 Å². The molecule has 2 aromatic carbocycles. The second-order valence-electron chi connectivity index (χ2n) is 7.02. The number of carbonyl (C=O) groups is 1. The first-order valence-electron chi connectivity index (χ1n) is 9.29. The molecule has 0 aliphatic carbocycles. The molecular weight excluding hydrogens is 458 g/mol. The number of morpholine rings is 1. The maximum atomic E-state index is 12.9. The van der Waals surface area contributed by atoms with Crippen molar-refractivity contribution >= 4 is 43.2 Å². The summed E-state index contributed by atoms with van der Waals surface area (Å²) in [7, 11) is -3.60. The molecule has 0 aromatic heterocycles. The first-order chi connectivity index (χ1) is 13.7. The fraction of sp³-hybridized carbons (Fsp3) is 0.350. The number of carbonyl (C=O) groups excluding carboxylic acids is 1. The summed E-state index contributed by atoms with van der Waals surface area (Å²) in [6.45, 7) is 4.47. The number of halogens is 1. The van der Waals surface area contributed by atoms with Gasteiger partial charge < -0.3 is 15.4 Å². The fourth-order valence-corrected chi connectivity index (χ4v) is 5.16. The Morgan fingerprint density at radius 1 is 1.10 bits per heavy atom. The zero-order valence-corrected chi connectivity index (χ0v) is 18.7. The lowest BCUT2D eigenvalue weighted by molar-refractivity contribution is -0.114. The van der Waals surface area contributed by atoms with Gasteiger partial charge in [0.25, 0.3) is 0 Å². The van der Waals surface area contributed by atoms with Gasteiger partial charge in [0.2, 0.25) is 15.9 Å². The number of benzene rings is 2. The number of amides is 1. The van der Waals surface area contributed by atoms with Crippen LogP contribution in [-0.2, 0) is 19.6 Å². The van der Waals surface area contributed by atoms with Gasteiger partial charge in [-0.05, 0) is 56.3 Å². The molecule has 2 atom stereocenters. The molecule has 7 nitrogen and oxygen atoms in total. The normalized spacial score (nSPS) is 20.2. The summed E-state index contributed by atoms with van der Waals surface area (Å²) < 4.78 is 33.7. The molecule has 9 heteroatoms. The molecular formula is C20H24BrN3O4S. The Morgan fingerprint density at radius 3 is 2.38 bits per heavy atom. The van der Waals surface area contributed by atoms with Gasteiger partial charge >= 0.3 is 0 Å². The molecule has 1 amide bonds. The van der Waals surface area contributed by atoms with Gasteiger partial charge in [-0.25, -0.2) is 8.42 Å². The summed E-state index contributed by atoms with van der Waals surface area (Å²) in [4.78, 5) is 12.3. The number of nitrogens with one attached hydrogen (secondary N) is 2. The van der Waals surface area contributed by atoms with E-state index in [2.05, 4.69) is 26.6 Å². The van der Waals surface area contributed by atoms with Crippen molar-refractivity contribution in [1.82, 2.24) is 4.31 Å². The van der Waals surface area contributed by atoms with Gasteiger partial charge in [-0.15, -0.1) is 0 Å². The van der Waals surface area contributed by atoms with E-state index in [1.807, 2.05) is 38.1 Å². The summed E-state index contributed by atoms with van der Waals surface area (Å²) in [6.07, 6.45) is -0.297. The van der Waals surface area contributed by atoms with Crippen molar-refractivity contribution in [1.29, 1.82) is 0 Å². The monoisotopic (exact) mass is 481 g/mol. The summed E-state index contributed by atoms with van der Waals surface area (Å²) in [6, 6.07) is 13.7. The zero-order valence-electron chi connectivity index (χ0n) is 16.3. The molecule has 1 heterocycles. The Kier molecular flexibility index (Phi) is 6.94. The Labute approximate surface area is 179 Å². The van der Waals surface area contributed by atoms with E-state index < -0.39 is 10.0 Å². The summed E-state index contributed by atoms with van der Waals surface area (Å²) in [5.41, 5.74) is 1.36. The van der Waals surface area contributed by atoms with Crippen molar-refractivity contribution in [3.63, 3.8) is 0 Å². The minimum absolute atomic E-state index is 0.0973. The largest absolute Gasteiger partial charge is 0.376 e. The highest BCUT2D eigenvalue weighted by atomic mass is 79.9. The molecule has 0 bridgehead atoms. The minimum atomic E-state index is -3.60. The highest BCUT2D eigenvalue weighted by molar-refractivity contribution is 9.10. The van der Waals surface area contributed by atoms with Gasteiger partial charge in [0, 0.05) is 28.9 Å². The number of anilines is 2. The third kappa shape index (κ3) is 5.79. The van der Waals surface area contributed by atoms with Gasteiger partial charge in [-0.1, -0.05) is 22.0 Å². The Bertz CT molecular complexity index is 956. The Balaban J connectivity index is 1.60. The lowest BCUT2D eigenvalue weighted by Crippen LogP contribution is -2.48. The van der Waals surface area contributed by atoms with Crippen molar-refractivity contribution in [2.45, 2.75) is 31.0 Å². The number of rotatable bonds is 6. The zero-order chi connectivity index (χ0) is 21.0. The van der Waals surface area contributed by atoms with Crippen LogP contribution in [0.2, 0.25) is 0 Å². The third-order valence-electron chi connectivity index (χ3n) is 4.44. The summed E-state index contributed by atoms with van der Waals surface area (Å²) in [5.74, 6) is -0.226. The molecule has 1 aliphatic heterocycles. The van der Waals surface area contributed by atoms with Crippen LogP contribution >= 0.6 is 15.9 Å². The molecule has 29 heavy (non-hydrogen) atoms. The van der Waals surface area contributed by atoms with Crippen molar-refractivity contribution in [3.05, 3.63) is 53.0 Å². The molecule has 1 fully saturated rings. The average Bonchev–Trinajstić information content (AvgIpc) is 2.66. The standard InChI is InChI=1S/C20H24BrN3O4S/c1-14-12-24(13-15(2)28-14)29(26,27)19-8-6-17(7-9-19)23-20(25)11-22-18-5-3-4-16(21)10-18/h3-10,14-15,22H,11-13H2,1-2H3,(H,23,25). The molecule has 0 spiro atoms. The van der Waals surface area contributed by atoms with Gasteiger partial charge in [-0.2, -0.15) is 4.31 Å². The Hall–Kier alpha value is -1.94. The van der Waals surface area contributed by atoms with Crippen LogP contribution in [-0.4, -0.2) is 50.5 Å². The molecule has 1 saturated heterocycles. The summed E-state index contributed by atoms with van der Waals surface area (Å²) >= 11 is 3.38. The molecule has 0 saturated carbocycles. The maximum Gasteiger partial charge on any atom is 0.243 e. The maximum absolute atomic E-state index is 12.9. The molecule has 0 radical (unpaired) electrons. The molecule has 156 valence electrons. The molecule has 2 aromatic rings. The lowest BCUT2D eigenvalue weighted by Gasteiger charge is -2.34. The average molecular weight is 482 g/mol. The summed E-state index contributed by atoms with van der Waals surface area (Å²) in [5, 5.41) is 5.79. The van der Waals surface area contributed by atoms with Crippen LogP contribution in [0.4, 0.5) is 11.4 Å². The van der Waals surface area contributed by atoms with Crippen LogP contribution in [0.5, 0.6) is 0 Å². The van der Waals surface area contributed by atoms with E-state index in [9.17, 15) is 13.2 Å². The molecule has 1 aliphatic rings. The van der Waals surface area contributed by atoms with Crippen LogP contribution in [0.1, 0.15) is 13.8 Å². The predicted octanol–water partition coefficient (Wildman–Crippen LogP) is 3.30. The van der Waals surface area contributed by atoms with Crippen LogP contribution in [0, 0.1) is 0 Å². The number of ether oxygens (including phenoxy) is 1. The van der Waals surface area contributed by atoms with Crippen LogP contribution in [0.25, 0.3) is 0 Å². The van der Waals surface area contributed by atoms with E-state index >= 15 is 0 Å². The lowest BCUT2D eigenvalue weighted by atomic mass is 10.3. The molecule has 2 N–H and O–H groups in total. The third-order valence-corrected chi connectivity index (χ3v) is 6.78. The van der Waals surface area contributed by atoms with E-state index in [0.29, 0.717) is 18.8 Å². The number of hydrogen-bond donors (Lipinski definition) is 2. The van der Waals surface area contributed by atoms with Gasteiger partial charge in [0.05, 0.1) is 23.6 Å². The van der Waals surface area contributed by atoms with E-state index in [0.717, 1.165) is 10.2 Å². The number of hydrogen-bond acceptors (Lipinski definition) is 5. The first-order valence-corrected chi connectivity index (χ1v) is 11.5. The molecule has 2 unspecified atom stereocenters. The van der Waals surface area contributed by atoms with Gasteiger partial charge in [-0.3, -0.25) is 4.79 Å². The highest BCUT2D eigenvalue weighted by Crippen LogP contribution is 2.22. The minimum Gasteiger partial charge on any atom is -0.376 e. The fourth-order valence-electron chi connectivity index (χ4n) is 3.17. The second-order valence-corrected chi connectivity index (χ2v) is 9.87. The van der Waals surface area contributed by atoms with E-state index in [1.54, 1.807) is 12.1 Å². The van der Waals surface area contributed by atoms with E-state index in [4.69, 9.17) is 4.74 Å². The first kappa shape index (κ1) is 21.8. The number of sulfonamides is 1. The topological polar surface area (TPSA) is 87.7 Å². The van der Waals surface area contributed by atoms with Crippen molar-refractivity contribution in [3.8, 4) is 0 Å². The second kappa shape index (κ2) is 9.25. The van der Waals surface area contributed by atoms with Crippen molar-refractivity contribution in [2.75, 3.05) is 30.3 Å². The predicted molar refractivity (Wildman–Crippen MR) is 116 cm³/mol. The SMILES string of the molecule is CC1CN(S(=O)(=O)c2ccc(NC(=O)CNc3cccc(Br)c3)cc2)CC(C)O1. The molecule has 3 rings (SSSR count). The van der Waals surface area contributed by atoms with Crippen molar-refractivity contribution in [2.24, 2.45) is 0 Å². The highest BCUT2D eigenvalue weighted by Gasteiger charge is 2.32. The van der Waals surface area contributed by atoms with Crippen LogP contribution in [0.3, 0.4) is 0 Å². The van der Waals surface area contributed by atoms with Gasteiger partial charge in [0.15, 0.2) is 0 Å². The van der Waals surface area contributed by atoms with Crippen molar-refractivity contribution < 1.29 is 17.9 Å².